The van der Waals surface area contributed by atoms with Gasteiger partial charge in [-0.1, -0.05) is 31.2 Å². The van der Waals surface area contributed by atoms with Crippen LogP contribution in [0.3, 0.4) is 0 Å². The second-order valence-electron chi connectivity index (χ2n) is 9.52. The van der Waals surface area contributed by atoms with Crippen molar-refractivity contribution < 1.29 is 19.4 Å². The predicted octanol–water partition coefficient (Wildman–Crippen LogP) is 3.81. The molecule has 0 spiro atoms. The van der Waals surface area contributed by atoms with Crippen molar-refractivity contribution in [3.05, 3.63) is 76.0 Å². The smallest absolute Gasteiger partial charge is 0.271 e. The first-order chi connectivity index (χ1) is 16.2. The Morgan fingerprint density at radius 2 is 2.03 bits per heavy atom. The molecule has 0 bridgehead atoms. The normalized spacial score (nSPS) is 28.2. The Hall–Kier alpha value is -3.23. The Morgan fingerprint density at radius 3 is 2.71 bits per heavy atom. The molecule has 1 aromatic heterocycles. The molecule has 1 saturated carbocycles. The number of ether oxygens (including phenoxy) is 1. The molecule has 7 nitrogen and oxygen atoms in total. The Morgan fingerprint density at radius 1 is 1.26 bits per heavy atom. The molecule has 4 unspecified atom stereocenters. The van der Waals surface area contributed by atoms with E-state index in [0.29, 0.717) is 28.8 Å². The Bertz CT molecular complexity index is 1400. The van der Waals surface area contributed by atoms with Gasteiger partial charge in [-0.2, -0.15) is 0 Å². The van der Waals surface area contributed by atoms with Gasteiger partial charge in [-0.05, 0) is 60.8 Å². The molecule has 1 aliphatic heterocycles. The highest BCUT2D eigenvalue weighted by atomic mass is 32.2. The summed E-state index contributed by atoms with van der Waals surface area (Å²) in [5.41, 5.74) is 7.55. The topological polar surface area (TPSA) is 117 Å². The van der Waals surface area contributed by atoms with E-state index in [0.717, 1.165) is 22.6 Å². The number of Topliss-reactive ketones (excluding diaryl/α,β-unsaturated/α-hetero) is 1. The molecule has 1 fully saturated rings. The number of rotatable bonds is 4. The van der Waals surface area contributed by atoms with Crippen LogP contribution in [0.5, 0.6) is 5.75 Å². The van der Waals surface area contributed by atoms with E-state index in [4.69, 9.17) is 10.5 Å². The minimum atomic E-state index is -2.12. The van der Waals surface area contributed by atoms with Gasteiger partial charge in [0.15, 0.2) is 0 Å². The summed E-state index contributed by atoms with van der Waals surface area (Å²) < 4.78 is 6.17. The first-order valence-electron chi connectivity index (χ1n) is 11.3. The monoisotopic (exact) mass is 475 g/mol. The van der Waals surface area contributed by atoms with E-state index in [-0.39, 0.29) is 16.8 Å². The van der Waals surface area contributed by atoms with Crippen molar-refractivity contribution >= 4 is 29.1 Å². The van der Waals surface area contributed by atoms with Gasteiger partial charge in [0.05, 0.1) is 10.6 Å². The maximum atomic E-state index is 14.0. The van der Waals surface area contributed by atoms with Crippen molar-refractivity contribution in [2.45, 2.75) is 42.5 Å². The van der Waals surface area contributed by atoms with Gasteiger partial charge in [-0.3, -0.25) is 9.59 Å². The third-order valence-electron chi connectivity index (χ3n) is 7.48. The van der Waals surface area contributed by atoms with Crippen LogP contribution in [0.2, 0.25) is 0 Å². The molecule has 2 heterocycles. The third kappa shape index (κ3) is 2.58. The van der Waals surface area contributed by atoms with Crippen molar-refractivity contribution in [3.8, 4) is 5.75 Å². The number of fused-ring (bicyclic) bond motifs is 5. The number of aliphatic hydroxyl groups is 1. The molecule has 1 amide bonds. The summed E-state index contributed by atoms with van der Waals surface area (Å²) >= 11 is 1.48. The van der Waals surface area contributed by atoms with Gasteiger partial charge in [0.2, 0.25) is 11.3 Å². The van der Waals surface area contributed by atoms with Crippen LogP contribution in [0.1, 0.15) is 62.4 Å². The number of amides is 1. The number of aromatic nitrogens is 1. The van der Waals surface area contributed by atoms with Crippen molar-refractivity contribution in [1.82, 2.24) is 10.3 Å². The molecule has 2 aromatic carbocycles. The van der Waals surface area contributed by atoms with E-state index in [1.165, 1.54) is 11.8 Å². The highest BCUT2D eigenvalue weighted by Gasteiger charge is 2.72. The lowest BCUT2D eigenvalue weighted by molar-refractivity contribution is -0.169. The van der Waals surface area contributed by atoms with Gasteiger partial charge in [-0.15, -0.1) is 11.8 Å². The number of carbonyl (C=O) groups excluding carboxylic acids is 2. The maximum absolute atomic E-state index is 14.0. The number of thioether (sulfide) groups is 1. The lowest BCUT2D eigenvalue weighted by Crippen LogP contribution is -2.60. The standard InChI is InChI=1S/C26H25N3O4S/c1-12-9-15(12)14-7-8-16-19(11-14)33-26(32)17-5-4-6-18(27)21(17)23(30)25(16,26)29-24(31)22-13(2)10-20(28-22)34-3/h4-8,10-12,15,28,32H,9,27H2,1-3H3,(H,29,31). The third-order valence-corrected chi connectivity index (χ3v) is 8.14. The Labute approximate surface area is 201 Å². The molecule has 0 radical (unpaired) electrons. The van der Waals surface area contributed by atoms with Crippen LogP contribution in [0.25, 0.3) is 0 Å². The lowest BCUT2D eigenvalue weighted by Gasteiger charge is -2.34. The van der Waals surface area contributed by atoms with Gasteiger partial charge < -0.3 is 25.9 Å². The van der Waals surface area contributed by atoms with Gasteiger partial charge in [0.25, 0.3) is 11.7 Å². The van der Waals surface area contributed by atoms with Gasteiger partial charge in [0.1, 0.15) is 11.4 Å². The number of ketones is 1. The molecule has 5 N–H and O–H groups in total. The van der Waals surface area contributed by atoms with Gasteiger partial charge in [-0.25, -0.2) is 0 Å². The highest BCUT2D eigenvalue weighted by molar-refractivity contribution is 7.98. The van der Waals surface area contributed by atoms with Crippen LogP contribution in [0.15, 0.2) is 47.5 Å². The van der Waals surface area contributed by atoms with E-state index in [9.17, 15) is 14.7 Å². The largest absolute Gasteiger partial charge is 0.454 e. The van der Waals surface area contributed by atoms with Crippen LogP contribution >= 0.6 is 11.8 Å². The summed E-state index contributed by atoms with van der Waals surface area (Å²) in [5.74, 6) is -1.71. The fraction of sp³-hybridized carbons (Fsp3) is 0.308. The number of benzene rings is 2. The summed E-state index contributed by atoms with van der Waals surface area (Å²) in [6, 6.07) is 12.4. The molecule has 34 heavy (non-hydrogen) atoms. The van der Waals surface area contributed by atoms with Crippen LogP contribution in [-0.4, -0.2) is 28.0 Å². The highest BCUT2D eigenvalue weighted by Crippen LogP contribution is 2.60. The number of hydrogen-bond donors (Lipinski definition) is 4. The number of aromatic amines is 1. The second kappa shape index (κ2) is 6.90. The maximum Gasteiger partial charge on any atom is 0.271 e. The molecule has 174 valence electrons. The first kappa shape index (κ1) is 21.3. The van der Waals surface area contributed by atoms with Crippen LogP contribution in [0, 0.1) is 12.8 Å². The SMILES string of the molecule is CSc1cc(C)c(C(=O)NC23C(=O)c4c(N)cccc4C2(O)Oc2cc(C4CC4C)ccc23)[nH]1. The van der Waals surface area contributed by atoms with Gasteiger partial charge in [0, 0.05) is 16.8 Å². The molecular formula is C26H25N3O4S. The van der Waals surface area contributed by atoms with E-state index in [1.807, 2.05) is 31.4 Å². The number of nitrogens with two attached hydrogens (primary N) is 1. The summed E-state index contributed by atoms with van der Waals surface area (Å²) in [6.45, 7) is 4.01. The average molecular weight is 476 g/mol. The lowest BCUT2D eigenvalue weighted by atomic mass is 9.82. The number of H-pyrrole nitrogens is 1. The molecule has 3 aromatic rings. The quantitative estimate of drug-likeness (QED) is 0.337. The first-order valence-corrected chi connectivity index (χ1v) is 12.5. The minimum Gasteiger partial charge on any atom is -0.454 e. The predicted molar refractivity (Wildman–Crippen MR) is 129 cm³/mol. The second-order valence-corrected chi connectivity index (χ2v) is 10.4. The van der Waals surface area contributed by atoms with Gasteiger partial charge >= 0.3 is 0 Å². The summed E-state index contributed by atoms with van der Waals surface area (Å²) in [5, 5.41) is 15.7. The number of nitrogen functional groups attached to an aromatic ring is 1. The summed E-state index contributed by atoms with van der Waals surface area (Å²) in [7, 11) is 0. The number of hydrogen-bond acceptors (Lipinski definition) is 6. The summed E-state index contributed by atoms with van der Waals surface area (Å²) in [4.78, 5) is 30.7. The molecular weight excluding hydrogens is 450 g/mol. The molecule has 2 aliphatic carbocycles. The Balaban J connectivity index is 1.53. The molecule has 3 aliphatic rings. The van der Waals surface area contributed by atoms with E-state index in [2.05, 4.69) is 17.2 Å². The van der Waals surface area contributed by atoms with E-state index < -0.39 is 23.0 Å². The zero-order valence-electron chi connectivity index (χ0n) is 19.1. The van der Waals surface area contributed by atoms with Crippen molar-refractivity contribution in [1.29, 1.82) is 0 Å². The van der Waals surface area contributed by atoms with Crippen molar-refractivity contribution in [3.63, 3.8) is 0 Å². The number of nitrogens with one attached hydrogen (secondary N) is 2. The molecule has 8 heteroatoms. The molecule has 6 rings (SSSR count). The van der Waals surface area contributed by atoms with Crippen LogP contribution in [0.4, 0.5) is 5.69 Å². The number of carbonyl (C=O) groups is 2. The fourth-order valence-electron chi connectivity index (χ4n) is 5.51. The fourth-order valence-corrected chi connectivity index (χ4v) is 6.01. The zero-order valence-corrected chi connectivity index (χ0v) is 19.9. The van der Waals surface area contributed by atoms with E-state index in [1.54, 1.807) is 24.3 Å². The minimum absolute atomic E-state index is 0.170. The van der Waals surface area contributed by atoms with E-state index >= 15 is 0 Å². The van der Waals surface area contributed by atoms with Crippen LogP contribution < -0.4 is 15.8 Å². The number of aryl methyl sites for hydroxylation is 1. The molecule has 4 atom stereocenters. The Kier molecular flexibility index (Phi) is 4.32. The van der Waals surface area contributed by atoms with Crippen molar-refractivity contribution in [2.24, 2.45) is 5.92 Å². The van der Waals surface area contributed by atoms with Crippen molar-refractivity contribution in [2.75, 3.05) is 12.0 Å². The zero-order chi connectivity index (χ0) is 24.0. The number of anilines is 1. The average Bonchev–Trinajstić information content (AvgIpc) is 3.25. The molecule has 0 saturated heterocycles. The van der Waals surface area contributed by atoms with Crippen LogP contribution in [-0.2, 0) is 11.3 Å². The summed E-state index contributed by atoms with van der Waals surface area (Å²) in [6.07, 6.45) is 3.00.